The number of benzene rings is 1. The van der Waals surface area contributed by atoms with Crippen molar-refractivity contribution in [2.45, 2.75) is 0 Å². The SMILES string of the molecule is S=c1nc2[nH]ncc2c(NN=Cc2ccc(Cl)cc2)[nH]1. The Hall–Kier alpha value is -2.25. The maximum atomic E-state index is 5.82. The number of fused-ring (bicyclic) bond motifs is 1. The van der Waals surface area contributed by atoms with E-state index in [1.807, 2.05) is 12.1 Å². The normalized spacial score (nSPS) is 11.2. The Kier molecular flexibility index (Phi) is 3.44. The Labute approximate surface area is 123 Å². The summed E-state index contributed by atoms with van der Waals surface area (Å²) < 4.78 is 0.353. The number of hydrogen-bond acceptors (Lipinski definition) is 5. The number of hydrogen-bond donors (Lipinski definition) is 3. The van der Waals surface area contributed by atoms with Gasteiger partial charge >= 0.3 is 0 Å². The molecular formula is C12H9ClN6S. The number of rotatable bonds is 3. The van der Waals surface area contributed by atoms with Crippen LogP contribution in [0.25, 0.3) is 11.0 Å². The zero-order chi connectivity index (χ0) is 13.9. The summed E-state index contributed by atoms with van der Waals surface area (Å²) in [6.07, 6.45) is 3.33. The average molecular weight is 305 g/mol. The molecule has 0 bridgehead atoms. The Balaban J connectivity index is 1.84. The molecule has 1 aromatic carbocycles. The molecule has 3 rings (SSSR count). The van der Waals surface area contributed by atoms with Gasteiger partial charge in [0.05, 0.1) is 17.8 Å². The Morgan fingerprint density at radius 2 is 2.10 bits per heavy atom. The van der Waals surface area contributed by atoms with Gasteiger partial charge in [0, 0.05) is 5.02 Å². The molecule has 2 aromatic heterocycles. The van der Waals surface area contributed by atoms with Gasteiger partial charge in [-0.15, -0.1) is 0 Å². The lowest BCUT2D eigenvalue weighted by atomic mass is 10.2. The van der Waals surface area contributed by atoms with Crippen LogP contribution in [0.1, 0.15) is 5.56 Å². The lowest BCUT2D eigenvalue weighted by molar-refractivity contribution is 1.08. The smallest absolute Gasteiger partial charge is 0.200 e. The highest BCUT2D eigenvalue weighted by atomic mass is 35.5. The second-order valence-electron chi connectivity index (χ2n) is 3.97. The van der Waals surface area contributed by atoms with Crippen molar-refractivity contribution in [2.24, 2.45) is 5.10 Å². The van der Waals surface area contributed by atoms with Gasteiger partial charge in [0.25, 0.3) is 0 Å². The van der Waals surface area contributed by atoms with E-state index in [2.05, 4.69) is 30.7 Å². The van der Waals surface area contributed by atoms with Gasteiger partial charge in [0.15, 0.2) is 10.4 Å². The number of halogens is 1. The molecule has 8 heteroatoms. The first-order valence-corrected chi connectivity index (χ1v) is 6.49. The molecule has 100 valence electrons. The zero-order valence-electron chi connectivity index (χ0n) is 10.1. The first-order valence-electron chi connectivity index (χ1n) is 5.70. The van der Waals surface area contributed by atoms with Crippen LogP contribution >= 0.6 is 23.8 Å². The summed E-state index contributed by atoms with van der Waals surface area (Å²) in [5, 5.41) is 12.3. The van der Waals surface area contributed by atoms with Crippen molar-refractivity contribution in [3.8, 4) is 0 Å². The van der Waals surface area contributed by atoms with Gasteiger partial charge in [-0.1, -0.05) is 23.7 Å². The largest absolute Gasteiger partial charge is 0.315 e. The molecule has 3 N–H and O–H groups in total. The van der Waals surface area contributed by atoms with Crippen molar-refractivity contribution < 1.29 is 0 Å². The van der Waals surface area contributed by atoms with Crippen LogP contribution in [0, 0.1) is 4.77 Å². The van der Waals surface area contributed by atoms with Gasteiger partial charge in [-0.2, -0.15) is 10.2 Å². The van der Waals surface area contributed by atoms with E-state index < -0.39 is 0 Å². The fourth-order valence-corrected chi connectivity index (χ4v) is 1.98. The van der Waals surface area contributed by atoms with Gasteiger partial charge in [-0.3, -0.25) is 10.5 Å². The number of nitrogens with one attached hydrogen (secondary N) is 3. The van der Waals surface area contributed by atoms with Crippen LogP contribution in [0.2, 0.25) is 5.02 Å². The van der Waals surface area contributed by atoms with Crippen LogP contribution in [0.3, 0.4) is 0 Å². The minimum absolute atomic E-state index is 0.353. The topological polar surface area (TPSA) is 81.8 Å². The summed E-state index contributed by atoms with van der Waals surface area (Å²) in [5.41, 5.74) is 4.43. The third kappa shape index (κ3) is 2.68. The molecule has 0 aliphatic rings. The van der Waals surface area contributed by atoms with Crippen molar-refractivity contribution in [1.29, 1.82) is 0 Å². The fourth-order valence-electron chi connectivity index (χ4n) is 1.66. The molecular weight excluding hydrogens is 296 g/mol. The van der Waals surface area contributed by atoms with Crippen molar-refractivity contribution in [3.05, 3.63) is 45.8 Å². The second kappa shape index (κ2) is 5.40. The minimum atomic E-state index is 0.353. The maximum absolute atomic E-state index is 5.82. The molecule has 0 aliphatic carbocycles. The van der Waals surface area contributed by atoms with E-state index in [0.717, 1.165) is 10.9 Å². The van der Waals surface area contributed by atoms with E-state index in [1.165, 1.54) is 0 Å². The third-order valence-corrected chi connectivity index (χ3v) is 3.04. The minimum Gasteiger partial charge on any atom is -0.315 e. The first-order chi connectivity index (χ1) is 9.72. The number of anilines is 1. The predicted octanol–water partition coefficient (Wildman–Crippen LogP) is 3.11. The maximum Gasteiger partial charge on any atom is 0.200 e. The number of nitrogens with zero attached hydrogens (tertiary/aromatic N) is 3. The molecule has 0 unspecified atom stereocenters. The van der Waals surface area contributed by atoms with Crippen molar-refractivity contribution >= 4 is 46.9 Å². The Bertz CT molecular complexity index is 820. The van der Waals surface area contributed by atoms with Gasteiger partial charge in [0.1, 0.15) is 5.82 Å². The summed E-state index contributed by atoms with van der Waals surface area (Å²) in [5.74, 6) is 0.638. The number of H-pyrrole nitrogens is 2. The third-order valence-electron chi connectivity index (χ3n) is 2.59. The molecule has 0 saturated heterocycles. The monoisotopic (exact) mass is 304 g/mol. The summed E-state index contributed by atoms with van der Waals surface area (Å²) in [4.78, 5) is 7.04. The van der Waals surface area contributed by atoms with Crippen LogP contribution in [0.15, 0.2) is 35.6 Å². The fraction of sp³-hybridized carbons (Fsp3) is 0. The summed E-state index contributed by atoms with van der Waals surface area (Å²) >= 11 is 10.8. The van der Waals surface area contributed by atoms with Gasteiger partial charge < -0.3 is 4.98 Å². The molecule has 0 amide bonds. The predicted molar refractivity (Wildman–Crippen MR) is 81.7 cm³/mol. The lowest BCUT2D eigenvalue weighted by Gasteiger charge is -2.01. The van der Waals surface area contributed by atoms with Gasteiger partial charge in [-0.05, 0) is 29.9 Å². The molecule has 0 fully saturated rings. The highest BCUT2D eigenvalue weighted by Crippen LogP contribution is 2.16. The van der Waals surface area contributed by atoms with Crippen LogP contribution in [0.4, 0.5) is 5.82 Å². The standard InChI is InChI=1S/C12H9ClN6S/c13-8-3-1-7(2-4-8)5-14-18-10-9-6-15-19-11(9)17-12(20)16-10/h1-6H,(H3,15,16,17,18,19,20). The highest BCUT2D eigenvalue weighted by molar-refractivity contribution is 7.71. The number of aromatic nitrogens is 4. The van der Waals surface area contributed by atoms with E-state index in [4.69, 9.17) is 23.8 Å². The van der Waals surface area contributed by atoms with E-state index in [0.29, 0.717) is 21.3 Å². The summed E-state index contributed by atoms with van der Waals surface area (Å²) in [6, 6.07) is 7.35. The molecule has 20 heavy (non-hydrogen) atoms. The van der Waals surface area contributed by atoms with Gasteiger partial charge in [0.2, 0.25) is 0 Å². The van der Waals surface area contributed by atoms with E-state index in [-0.39, 0.29) is 0 Å². The molecule has 0 saturated carbocycles. The molecule has 2 heterocycles. The molecule has 0 atom stereocenters. The van der Waals surface area contributed by atoms with Gasteiger partial charge in [-0.25, -0.2) is 4.98 Å². The van der Waals surface area contributed by atoms with Crippen molar-refractivity contribution in [2.75, 3.05) is 5.43 Å². The van der Waals surface area contributed by atoms with Crippen molar-refractivity contribution in [1.82, 2.24) is 20.2 Å². The second-order valence-corrected chi connectivity index (χ2v) is 4.79. The summed E-state index contributed by atoms with van der Waals surface area (Å²) in [6.45, 7) is 0. The highest BCUT2D eigenvalue weighted by Gasteiger charge is 2.03. The Morgan fingerprint density at radius 1 is 1.30 bits per heavy atom. The molecule has 3 aromatic rings. The van der Waals surface area contributed by atoms with Crippen LogP contribution in [-0.2, 0) is 0 Å². The molecule has 0 radical (unpaired) electrons. The molecule has 6 nitrogen and oxygen atoms in total. The van der Waals surface area contributed by atoms with Crippen LogP contribution < -0.4 is 5.43 Å². The average Bonchev–Trinajstić information content (AvgIpc) is 2.89. The molecule has 0 aliphatic heterocycles. The Morgan fingerprint density at radius 3 is 2.90 bits per heavy atom. The zero-order valence-corrected chi connectivity index (χ0v) is 11.7. The van der Waals surface area contributed by atoms with E-state index in [1.54, 1.807) is 24.5 Å². The first kappa shape index (κ1) is 12.8. The number of aromatic amines is 2. The quantitative estimate of drug-likeness (QED) is 0.394. The summed E-state index contributed by atoms with van der Waals surface area (Å²) in [7, 11) is 0. The van der Waals surface area contributed by atoms with Crippen LogP contribution in [0.5, 0.6) is 0 Å². The van der Waals surface area contributed by atoms with Crippen LogP contribution in [-0.4, -0.2) is 26.4 Å². The lowest BCUT2D eigenvalue weighted by Crippen LogP contribution is -1.96. The van der Waals surface area contributed by atoms with Crippen molar-refractivity contribution in [3.63, 3.8) is 0 Å². The van der Waals surface area contributed by atoms with E-state index in [9.17, 15) is 0 Å². The van der Waals surface area contributed by atoms with E-state index >= 15 is 0 Å². The molecule has 0 spiro atoms. The number of hydrazone groups is 1.